The summed E-state index contributed by atoms with van der Waals surface area (Å²) >= 11 is 17.9. The molecule has 0 aliphatic rings. The maximum Gasteiger partial charge on any atom is 0.149 e. The minimum absolute atomic E-state index is 0.188. The molecule has 0 aliphatic carbocycles. The van der Waals surface area contributed by atoms with E-state index in [1.807, 2.05) is 13.8 Å². The van der Waals surface area contributed by atoms with Gasteiger partial charge in [-0.25, -0.2) is 9.97 Å². The van der Waals surface area contributed by atoms with Crippen LogP contribution in [0.3, 0.4) is 0 Å². The second-order valence-electron chi connectivity index (χ2n) is 4.46. The molecule has 1 heterocycles. The quantitative estimate of drug-likeness (QED) is 0.611. The summed E-state index contributed by atoms with van der Waals surface area (Å²) in [4.78, 5) is 8.52. The summed E-state index contributed by atoms with van der Waals surface area (Å²) in [6.07, 6.45) is 0. The summed E-state index contributed by atoms with van der Waals surface area (Å²) in [5.41, 5.74) is 6.60. The van der Waals surface area contributed by atoms with Crippen molar-refractivity contribution in [3.63, 3.8) is 0 Å². The molecule has 4 nitrogen and oxygen atoms in total. The Bertz CT molecular complexity index is 617. The van der Waals surface area contributed by atoms with Gasteiger partial charge in [-0.1, -0.05) is 48.7 Å². The third kappa shape index (κ3) is 3.88. The van der Waals surface area contributed by atoms with Crippen molar-refractivity contribution in [1.29, 1.82) is 0 Å². The molecule has 0 fully saturated rings. The summed E-state index contributed by atoms with van der Waals surface area (Å²) in [7, 11) is 0. The predicted molar refractivity (Wildman–Crippen MR) is 84.8 cm³/mol. The van der Waals surface area contributed by atoms with Gasteiger partial charge in [-0.05, 0) is 18.2 Å². The molecule has 0 aliphatic heterocycles. The van der Waals surface area contributed by atoms with E-state index >= 15 is 0 Å². The van der Waals surface area contributed by atoms with Crippen molar-refractivity contribution in [1.82, 2.24) is 9.97 Å². The van der Waals surface area contributed by atoms with Gasteiger partial charge in [-0.3, -0.25) is 10.9 Å². The van der Waals surface area contributed by atoms with Crippen LogP contribution in [-0.4, -0.2) is 9.97 Å². The Morgan fingerprint density at radius 2 is 1.75 bits per heavy atom. The van der Waals surface area contributed by atoms with Crippen LogP contribution < -0.4 is 10.9 Å². The highest BCUT2D eigenvalue weighted by Gasteiger charge is 2.07. The van der Waals surface area contributed by atoms with E-state index in [9.17, 15) is 0 Å². The number of hydrazine groups is 1. The first-order chi connectivity index (χ1) is 9.45. The Hall–Kier alpha value is -1.23. The molecule has 0 bridgehead atoms. The van der Waals surface area contributed by atoms with Gasteiger partial charge in [0.05, 0.1) is 10.7 Å². The molecule has 1 aromatic carbocycles. The van der Waals surface area contributed by atoms with Crippen LogP contribution in [0.5, 0.6) is 0 Å². The second kappa shape index (κ2) is 6.48. The first-order valence-corrected chi connectivity index (χ1v) is 7.10. The molecule has 0 unspecified atom stereocenters. The van der Waals surface area contributed by atoms with Crippen LogP contribution in [0.1, 0.15) is 25.6 Å². The third-order valence-electron chi connectivity index (χ3n) is 2.48. The average molecular weight is 332 g/mol. The van der Waals surface area contributed by atoms with Gasteiger partial charge in [-0.2, -0.15) is 0 Å². The van der Waals surface area contributed by atoms with E-state index in [0.29, 0.717) is 32.5 Å². The van der Waals surface area contributed by atoms with Crippen LogP contribution in [0.25, 0.3) is 0 Å². The normalized spacial score (nSPS) is 10.7. The molecule has 0 amide bonds. The molecule has 0 radical (unpaired) electrons. The molecule has 7 heteroatoms. The van der Waals surface area contributed by atoms with Crippen LogP contribution in [0.2, 0.25) is 15.2 Å². The largest absolute Gasteiger partial charge is 0.298 e. The van der Waals surface area contributed by atoms with Crippen LogP contribution in [0.15, 0.2) is 24.3 Å². The highest BCUT2D eigenvalue weighted by Crippen LogP contribution is 2.25. The van der Waals surface area contributed by atoms with Crippen molar-refractivity contribution in [3.8, 4) is 0 Å². The first kappa shape index (κ1) is 15.2. The summed E-state index contributed by atoms with van der Waals surface area (Å²) in [6, 6.07) is 6.79. The zero-order valence-corrected chi connectivity index (χ0v) is 13.2. The monoisotopic (exact) mass is 330 g/mol. The summed E-state index contributed by atoms with van der Waals surface area (Å²) in [5, 5.41) is 1.47. The lowest BCUT2D eigenvalue weighted by molar-refractivity contribution is 0.776. The van der Waals surface area contributed by atoms with Crippen molar-refractivity contribution in [2.24, 2.45) is 0 Å². The van der Waals surface area contributed by atoms with Gasteiger partial charge in [0, 0.05) is 17.0 Å². The molecule has 2 aromatic rings. The van der Waals surface area contributed by atoms with Gasteiger partial charge in [0.15, 0.2) is 0 Å². The van der Waals surface area contributed by atoms with E-state index in [1.54, 1.807) is 24.3 Å². The van der Waals surface area contributed by atoms with Gasteiger partial charge >= 0.3 is 0 Å². The predicted octanol–water partition coefficient (Wildman–Crippen LogP) is 5.00. The third-order valence-corrected chi connectivity index (χ3v) is 3.23. The zero-order valence-electron chi connectivity index (χ0n) is 10.9. The second-order valence-corrected chi connectivity index (χ2v) is 5.69. The fraction of sp³-hybridized carbons (Fsp3) is 0.231. The highest BCUT2D eigenvalue weighted by atomic mass is 35.5. The SMILES string of the molecule is CC(C)c1nc(Cl)cc(NNc2ccc(Cl)cc2Cl)n1. The van der Waals surface area contributed by atoms with Gasteiger partial charge in [0.1, 0.15) is 16.8 Å². The van der Waals surface area contributed by atoms with Crippen LogP contribution in [0.4, 0.5) is 11.5 Å². The Kier molecular flexibility index (Phi) is 4.91. The van der Waals surface area contributed by atoms with E-state index in [1.165, 1.54) is 0 Å². The number of benzene rings is 1. The Balaban J connectivity index is 2.14. The lowest BCUT2D eigenvalue weighted by Crippen LogP contribution is -2.12. The molecular weight excluding hydrogens is 319 g/mol. The minimum atomic E-state index is 0.188. The highest BCUT2D eigenvalue weighted by molar-refractivity contribution is 6.36. The number of nitrogens with one attached hydrogen (secondary N) is 2. The lowest BCUT2D eigenvalue weighted by atomic mass is 10.2. The number of aromatic nitrogens is 2. The summed E-state index contributed by atoms with van der Waals surface area (Å²) in [5.74, 6) is 1.43. The minimum Gasteiger partial charge on any atom is -0.298 e. The van der Waals surface area contributed by atoms with E-state index in [2.05, 4.69) is 20.8 Å². The van der Waals surface area contributed by atoms with E-state index < -0.39 is 0 Å². The fourth-order valence-corrected chi connectivity index (χ4v) is 2.13. The van der Waals surface area contributed by atoms with Crippen molar-refractivity contribution in [2.45, 2.75) is 19.8 Å². The maximum atomic E-state index is 6.06. The molecule has 0 saturated heterocycles. The average Bonchev–Trinajstić information content (AvgIpc) is 2.37. The smallest absolute Gasteiger partial charge is 0.149 e. The number of hydrogen-bond acceptors (Lipinski definition) is 4. The molecule has 20 heavy (non-hydrogen) atoms. The molecule has 1 aromatic heterocycles. The van der Waals surface area contributed by atoms with Crippen LogP contribution in [0, 0.1) is 0 Å². The van der Waals surface area contributed by atoms with Crippen molar-refractivity contribution in [3.05, 3.63) is 45.3 Å². The Labute approximate surface area is 132 Å². The van der Waals surface area contributed by atoms with Gasteiger partial charge < -0.3 is 0 Å². The van der Waals surface area contributed by atoms with Gasteiger partial charge in [-0.15, -0.1) is 0 Å². The molecule has 2 N–H and O–H groups in total. The lowest BCUT2D eigenvalue weighted by Gasteiger charge is -2.12. The van der Waals surface area contributed by atoms with E-state index in [0.717, 1.165) is 0 Å². The topological polar surface area (TPSA) is 49.8 Å². The van der Waals surface area contributed by atoms with Gasteiger partial charge in [0.25, 0.3) is 0 Å². The standard InChI is InChI=1S/C13H13Cl3N4/c1-7(2)13-17-11(16)6-12(18-13)20-19-10-4-3-8(14)5-9(10)15/h3-7,19H,1-2H3,(H,17,18,20). The number of anilines is 2. The molecular formula is C13H13Cl3N4. The van der Waals surface area contributed by atoms with Crippen molar-refractivity contribution >= 4 is 46.3 Å². The number of nitrogens with zero attached hydrogens (tertiary/aromatic N) is 2. The number of rotatable bonds is 4. The number of halogens is 3. The van der Waals surface area contributed by atoms with E-state index in [4.69, 9.17) is 34.8 Å². The molecule has 0 saturated carbocycles. The van der Waals surface area contributed by atoms with E-state index in [-0.39, 0.29) is 5.92 Å². The fourth-order valence-electron chi connectivity index (χ4n) is 1.48. The molecule has 2 rings (SSSR count). The number of hydrogen-bond donors (Lipinski definition) is 2. The molecule has 0 spiro atoms. The zero-order chi connectivity index (χ0) is 14.7. The Morgan fingerprint density at radius 3 is 2.40 bits per heavy atom. The summed E-state index contributed by atoms with van der Waals surface area (Å²) in [6.45, 7) is 4.00. The van der Waals surface area contributed by atoms with Crippen molar-refractivity contribution in [2.75, 3.05) is 10.9 Å². The van der Waals surface area contributed by atoms with Crippen molar-refractivity contribution < 1.29 is 0 Å². The van der Waals surface area contributed by atoms with Crippen LogP contribution in [-0.2, 0) is 0 Å². The molecule has 106 valence electrons. The maximum absolute atomic E-state index is 6.06. The summed E-state index contributed by atoms with van der Waals surface area (Å²) < 4.78 is 0. The van der Waals surface area contributed by atoms with Gasteiger partial charge in [0.2, 0.25) is 0 Å². The Morgan fingerprint density at radius 1 is 1.00 bits per heavy atom. The molecule has 0 atom stereocenters. The first-order valence-electron chi connectivity index (χ1n) is 5.97. The van der Waals surface area contributed by atoms with Crippen LogP contribution >= 0.6 is 34.8 Å².